The van der Waals surface area contributed by atoms with Gasteiger partial charge in [-0.25, -0.2) is 8.78 Å². The van der Waals surface area contributed by atoms with E-state index in [0.29, 0.717) is 6.42 Å². The summed E-state index contributed by atoms with van der Waals surface area (Å²) in [6.07, 6.45) is -0.506. The van der Waals surface area contributed by atoms with Crippen LogP contribution in [0.2, 0.25) is 0 Å². The largest absolute Gasteiger partial charge is 0.447 e. The summed E-state index contributed by atoms with van der Waals surface area (Å²) >= 11 is 1.54. The number of ether oxygens (including phenoxy) is 1. The van der Waals surface area contributed by atoms with E-state index in [-0.39, 0.29) is 18.4 Å². The molecule has 0 bridgehead atoms. The number of thiophene rings is 1. The van der Waals surface area contributed by atoms with Crippen molar-refractivity contribution < 1.29 is 18.3 Å². The Hall–Kier alpha value is -2.26. The average molecular weight is 321 g/mol. The fraction of sp³-hybridized carbons (Fsp3) is 0.250. The lowest BCUT2D eigenvalue weighted by Crippen LogP contribution is -2.20. The molecule has 0 aliphatic rings. The first-order valence-electron chi connectivity index (χ1n) is 6.62. The van der Waals surface area contributed by atoms with E-state index >= 15 is 0 Å². The number of hydrogen-bond donors (Lipinski definition) is 0. The first-order chi connectivity index (χ1) is 10.6. The monoisotopic (exact) mass is 321 g/mol. The molecule has 2 aromatic rings. The fourth-order valence-corrected chi connectivity index (χ4v) is 2.60. The Labute approximate surface area is 130 Å². The molecule has 0 spiro atoms. The third kappa shape index (κ3) is 4.64. The van der Waals surface area contributed by atoms with Crippen molar-refractivity contribution in [3.8, 4) is 6.07 Å². The minimum Gasteiger partial charge on any atom is -0.447 e. The normalized spacial score (nSPS) is 11.7. The van der Waals surface area contributed by atoms with Gasteiger partial charge in [0.05, 0.1) is 0 Å². The molecule has 2 rings (SSSR count). The van der Waals surface area contributed by atoms with Crippen LogP contribution in [0.1, 0.15) is 17.5 Å². The molecule has 3 nitrogen and oxygen atoms in total. The van der Waals surface area contributed by atoms with E-state index in [0.717, 1.165) is 17.7 Å². The second kappa shape index (κ2) is 7.66. The van der Waals surface area contributed by atoms with Crippen LogP contribution in [0.4, 0.5) is 8.78 Å². The molecule has 1 aromatic carbocycles. The maximum atomic E-state index is 13.5. The van der Waals surface area contributed by atoms with Crippen LogP contribution in [-0.2, 0) is 22.4 Å². The van der Waals surface area contributed by atoms with E-state index in [2.05, 4.69) is 0 Å². The Balaban J connectivity index is 1.88. The highest BCUT2D eigenvalue weighted by Gasteiger charge is 2.17. The summed E-state index contributed by atoms with van der Waals surface area (Å²) in [7, 11) is 0. The molecule has 0 amide bonds. The lowest BCUT2D eigenvalue weighted by atomic mass is 10.1. The number of aryl methyl sites for hydroxylation is 1. The quantitative estimate of drug-likeness (QED) is 0.763. The number of nitrogens with zero attached hydrogens (tertiary/aromatic N) is 1. The van der Waals surface area contributed by atoms with Gasteiger partial charge in [0.15, 0.2) is 6.10 Å². The van der Waals surface area contributed by atoms with Crippen LogP contribution in [0.5, 0.6) is 0 Å². The Morgan fingerprint density at radius 3 is 2.82 bits per heavy atom. The fourth-order valence-electron chi connectivity index (χ4n) is 1.90. The Kier molecular flexibility index (Phi) is 5.61. The van der Waals surface area contributed by atoms with Crippen LogP contribution < -0.4 is 0 Å². The van der Waals surface area contributed by atoms with Crippen LogP contribution in [0.15, 0.2) is 35.0 Å². The van der Waals surface area contributed by atoms with Crippen molar-refractivity contribution in [2.24, 2.45) is 0 Å². The molecule has 0 radical (unpaired) electrons. The van der Waals surface area contributed by atoms with Crippen LogP contribution >= 0.6 is 11.3 Å². The van der Waals surface area contributed by atoms with E-state index in [1.54, 1.807) is 0 Å². The highest BCUT2D eigenvalue weighted by atomic mass is 32.1. The molecule has 1 atom stereocenters. The standard InChI is InChI=1S/C16H13F2NO2S/c17-13-3-2-12(15(18)8-13)7-14(9-19)21-16(20)4-1-11-5-6-22-10-11/h2-3,5-6,8,10,14H,1,4,7H2. The number of carbonyl (C=O) groups excluding carboxylic acids is 1. The zero-order valence-corrected chi connectivity index (χ0v) is 12.4. The number of carbonyl (C=O) groups is 1. The van der Waals surface area contributed by atoms with Gasteiger partial charge in [0.2, 0.25) is 0 Å². The minimum atomic E-state index is -1.09. The highest BCUT2D eigenvalue weighted by Crippen LogP contribution is 2.14. The molecular weight excluding hydrogens is 308 g/mol. The summed E-state index contributed by atoms with van der Waals surface area (Å²) in [6.45, 7) is 0. The minimum absolute atomic E-state index is 0.104. The number of esters is 1. The first kappa shape index (κ1) is 16.1. The van der Waals surface area contributed by atoms with E-state index < -0.39 is 23.7 Å². The molecule has 6 heteroatoms. The maximum Gasteiger partial charge on any atom is 0.307 e. The Bertz CT molecular complexity index is 680. The molecule has 0 fully saturated rings. The van der Waals surface area contributed by atoms with Gasteiger partial charge in [-0.1, -0.05) is 6.07 Å². The van der Waals surface area contributed by atoms with Gasteiger partial charge in [0.1, 0.15) is 17.7 Å². The van der Waals surface area contributed by atoms with Gasteiger partial charge in [-0.3, -0.25) is 4.79 Å². The predicted molar refractivity (Wildman–Crippen MR) is 78.2 cm³/mol. The molecule has 0 saturated heterocycles. The molecule has 1 unspecified atom stereocenters. The van der Waals surface area contributed by atoms with Gasteiger partial charge < -0.3 is 4.74 Å². The highest BCUT2D eigenvalue weighted by molar-refractivity contribution is 7.07. The van der Waals surface area contributed by atoms with Gasteiger partial charge in [0, 0.05) is 18.9 Å². The topological polar surface area (TPSA) is 50.1 Å². The van der Waals surface area contributed by atoms with Crippen LogP contribution in [0, 0.1) is 23.0 Å². The zero-order chi connectivity index (χ0) is 15.9. The van der Waals surface area contributed by atoms with Crippen LogP contribution in [0.3, 0.4) is 0 Å². The van der Waals surface area contributed by atoms with Crippen molar-refractivity contribution in [2.45, 2.75) is 25.4 Å². The Morgan fingerprint density at radius 1 is 1.36 bits per heavy atom. The summed E-state index contributed by atoms with van der Waals surface area (Å²) < 4.78 is 31.4. The van der Waals surface area contributed by atoms with Crippen molar-refractivity contribution >= 4 is 17.3 Å². The van der Waals surface area contributed by atoms with E-state index in [4.69, 9.17) is 10.00 Å². The number of rotatable bonds is 6. The Morgan fingerprint density at radius 2 is 2.18 bits per heavy atom. The van der Waals surface area contributed by atoms with Gasteiger partial charge >= 0.3 is 5.97 Å². The molecule has 114 valence electrons. The van der Waals surface area contributed by atoms with E-state index in [1.165, 1.54) is 17.4 Å². The molecule has 1 aromatic heterocycles. The number of benzene rings is 1. The smallest absolute Gasteiger partial charge is 0.307 e. The molecular formula is C16H13F2NO2S. The number of hydrogen-bond acceptors (Lipinski definition) is 4. The maximum absolute atomic E-state index is 13.5. The first-order valence-corrected chi connectivity index (χ1v) is 7.57. The third-order valence-electron chi connectivity index (χ3n) is 3.04. The molecule has 0 aliphatic carbocycles. The summed E-state index contributed by atoms with van der Waals surface area (Å²) in [5.41, 5.74) is 1.17. The second-order valence-electron chi connectivity index (χ2n) is 4.68. The lowest BCUT2D eigenvalue weighted by Gasteiger charge is -2.11. The third-order valence-corrected chi connectivity index (χ3v) is 3.77. The van der Waals surface area contributed by atoms with Crippen molar-refractivity contribution in [3.63, 3.8) is 0 Å². The van der Waals surface area contributed by atoms with Crippen molar-refractivity contribution in [1.82, 2.24) is 0 Å². The van der Waals surface area contributed by atoms with Gasteiger partial charge in [-0.2, -0.15) is 16.6 Å². The summed E-state index contributed by atoms with van der Waals surface area (Å²) in [6, 6.07) is 6.81. The molecule has 0 saturated carbocycles. The van der Waals surface area contributed by atoms with Gasteiger partial charge in [-0.05, 0) is 40.4 Å². The predicted octanol–water partition coefficient (Wildman–Crippen LogP) is 3.64. The van der Waals surface area contributed by atoms with Crippen molar-refractivity contribution in [2.75, 3.05) is 0 Å². The van der Waals surface area contributed by atoms with E-state index in [9.17, 15) is 13.6 Å². The summed E-state index contributed by atoms with van der Waals surface area (Å²) in [5.74, 6) is -1.96. The zero-order valence-electron chi connectivity index (χ0n) is 11.6. The summed E-state index contributed by atoms with van der Waals surface area (Å²) in [5, 5.41) is 12.9. The van der Waals surface area contributed by atoms with Crippen molar-refractivity contribution in [1.29, 1.82) is 5.26 Å². The van der Waals surface area contributed by atoms with Crippen LogP contribution in [-0.4, -0.2) is 12.1 Å². The molecule has 1 heterocycles. The number of nitriles is 1. The van der Waals surface area contributed by atoms with Gasteiger partial charge in [0.25, 0.3) is 0 Å². The SMILES string of the molecule is N#CC(Cc1ccc(F)cc1F)OC(=O)CCc1ccsc1. The lowest BCUT2D eigenvalue weighted by molar-refractivity contribution is -0.146. The second-order valence-corrected chi connectivity index (χ2v) is 5.46. The molecule has 22 heavy (non-hydrogen) atoms. The van der Waals surface area contributed by atoms with Crippen LogP contribution in [0.25, 0.3) is 0 Å². The van der Waals surface area contributed by atoms with E-state index in [1.807, 2.05) is 22.9 Å². The molecule has 0 N–H and O–H groups in total. The van der Waals surface area contributed by atoms with Crippen molar-refractivity contribution in [3.05, 3.63) is 57.8 Å². The average Bonchev–Trinajstić information content (AvgIpc) is 3.00. The van der Waals surface area contributed by atoms with Gasteiger partial charge in [-0.15, -0.1) is 0 Å². The molecule has 0 aliphatic heterocycles. The summed E-state index contributed by atoms with van der Waals surface area (Å²) in [4.78, 5) is 11.7. The number of halogens is 2.